The van der Waals surface area contributed by atoms with E-state index in [-0.39, 0.29) is 24.1 Å². The van der Waals surface area contributed by atoms with Crippen molar-refractivity contribution in [3.05, 3.63) is 0 Å². The highest BCUT2D eigenvalue weighted by molar-refractivity contribution is 7.89. The van der Waals surface area contributed by atoms with E-state index in [1.165, 1.54) is 0 Å². The van der Waals surface area contributed by atoms with Crippen molar-refractivity contribution in [2.45, 2.75) is 27.2 Å². The zero-order valence-corrected chi connectivity index (χ0v) is 10.4. The van der Waals surface area contributed by atoms with E-state index in [0.29, 0.717) is 13.0 Å². The molecule has 15 heavy (non-hydrogen) atoms. The summed E-state index contributed by atoms with van der Waals surface area (Å²) in [6, 6.07) is 0. The minimum absolute atomic E-state index is 0.0651. The number of hydrogen-bond acceptors (Lipinski definition) is 3. The summed E-state index contributed by atoms with van der Waals surface area (Å²) in [6.07, 6.45) is 0.591. The third-order valence-corrected chi connectivity index (χ3v) is 3.33. The quantitative estimate of drug-likeness (QED) is 0.615. The van der Waals surface area contributed by atoms with Gasteiger partial charge in [0.2, 0.25) is 15.9 Å². The SMILES string of the molecule is CCCS(=O)(=O)NCCNC(=O)C(C)C. The zero-order valence-electron chi connectivity index (χ0n) is 9.54. The third-order valence-electron chi connectivity index (χ3n) is 1.74. The molecule has 2 N–H and O–H groups in total. The largest absolute Gasteiger partial charge is 0.355 e. The van der Waals surface area contributed by atoms with E-state index in [1.807, 2.05) is 0 Å². The number of hydrogen-bond donors (Lipinski definition) is 2. The molecule has 0 aliphatic rings. The Labute approximate surface area is 91.7 Å². The fourth-order valence-corrected chi connectivity index (χ4v) is 2.03. The van der Waals surface area contributed by atoms with Crippen molar-refractivity contribution in [1.29, 1.82) is 0 Å². The highest BCUT2D eigenvalue weighted by Gasteiger charge is 2.08. The van der Waals surface area contributed by atoms with E-state index in [9.17, 15) is 13.2 Å². The molecule has 90 valence electrons. The van der Waals surface area contributed by atoms with Crippen molar-refractivity contribution in [3.8, 4) is 0 Å². The van der Waals surface area contributed by atoms with Gasteiger partial charge in [-0.25, -0.2) is 13.1 Å². The second kappa shape index (κ2) is 6.79. The van der Waals surface area contributed by atoms with Gasteiger partial charge >= 0.3 is 0 Å². The van der Waals surface area contributed by atoms with E-state index in [1.54, 1.807) is 20.8 Å². The van der Waals surface area contributed by atoms with Crippen molar-refractivity contribution in [1.82, 2.24) is 10.0 Å². The molecular formula is C9H20N2O3S. The molecule has 0 aliphatic heterocycles. The molecule has 0 heterocycles. The number of rotatable bonds is 7. The lowest BCUT2D eigenvalue weighted by Crippen LogP contribution is -2.37. The third kappa shape index (κ3) is 7.33. The topological polar surface area (TPSA) is 75.3 Å². The summed E-state index contributed by atoms with van der Waals surface area (Å²) in [5.74, 6) is -0.00701. The first-order valence-corrected chi connectivity index (χ1v) is 6.79. The first-order chi connectivity index (χ1) is 6.89. The van der Waals surface area contributed by atoms with Crippen LogP contribution >= 0.6 is 0 Å². The lowest BCUT2D eigenvalue weighted by atomic mass is 10.2. The number of sulfonamides is 1. The van der Waals surface area contributed by atoms with Gasteiger partial charge in [-0.1, -0.05) is 20.8 Å². The standard InChI is InChI=1S/C9H20N2O3S/c1-4-7-15(13,14)11-6-5-10-9(12)8(2)3/h8,11H,4-7H2,1-3H3,(H,10,12). The van der Waals surface area contributed by atoms with E-state index in [4.69, 9.17) is 0 Å². The molecule has 0 spiro atoms. The molecule has 0 aliphatic carbocycles. The Kier molecular flexibility index (Phi) is 6.51. The first-order valence-electron chi connectivity index (χ1n) is 5.14. The summed E-state index contributed by atoms with van der Waals surface area (Å²) >= 11 is 0. The Hall–Kier alpha value is -0.620. The molecule has 0 rings (SSSR count). The molecule has 0 saturated heterocycles. The average molecular weight is 236 g/mol. The molecule has 0 bridgehead atoms. The highest BCUT2D eigenvalue weighted by atomic mass is 32.2. The average Bonchev–Trinajstić information content (AvgIpc) is 2.11. The second-order valence-corrected chi connectivity index (χ2v) is 5.59. The number of nitrogens with one attached hydrogen (secondary N) is 2. The minimum Gasteiger partial charge on any atom is -0.355 e. The van der Waals surface area contributed by atoms with Crippen LogP contribution in [0.25, 0.3) is 0 Å². The molecule has 5 nitrogen and oxygen atoms in total. The summed E-state index contributed by atoms with van der Waals surface area (Å²) < 4.78 is 24.8. The van der Waals surface area contributed by atoms with Crippen molar-refractivity contribution >= 4 is 15.9 Å². The van der Waals surface area contributed by atoms with Gasteiger partial charge in [-0.05, 0) is 6.42 Å². The summed E-state index contributed by atoms with van der Waals surface area (Å²) in [7, 11) is -3.15. The molecule has 0 atom stereocenters. The number of amides is 1. The van der Waals surface area contributed by atoms with Crippen LogP contribution in [0.1, 0.15) is 27.2 Å². The predicted molar refractivity (Wildman–Crippen MR) is 59.9 cm³/mol. The van der Waals surface area contributed by atoms with Gasteiger partial charge in [-0.15, -0.1) is 0 Å². The molecule has 1 amide bonds. The van der Waals surface area contributed by atoms with Crippen LogP contribution in [0.5, 0.6) is 0 Å². The molecule has 0 saturated carbocycles. The van der Waals surface area contributed by atoms with Crippen molar-refractivity contribution in [2.24, 2.45) is 5.92 Å². The van der Waals surface area contributed by atoms with Gasteiger partial charge in [0.15, 0.2) is 0 Å². The molecule has 0 aromatic rings. The molecule has 0 radical (unpaired) electrons. The predicted octanol–water partition coefficient (Wildman–Crippen LogP) is 0.0880. The Morgan fingerprint density at radius 1 is 1.27 bits per heavy atom. The van der Waals surface area contributed by atoms with E-state index < -0.39 is 10.0 Å². The monoisotopic (exact) mass is 236 g/mol. The summed E-state index contributed by atoms with van der Waals surface area (Å²) in [6.45, 7) is 5.97. The van der Waals surface area contributed by atoms with Crippen LogP contribution in [-0.2, 0) is 14.8 Å². The van der Waals surface area contributed by atoms with Crippen LogP contribution in [0, 0.1) is 5.92 Å². The smallest absolute Gasteiger partial charge is 0.222 e. The lowest BCUT2D eigenvalue weighted by Gasteiger charge is -2.08. The molecular weight excluding hydrogens is 216 g/mol. The van der Waals surface area contributed by atoms with Gasteiger partial charge < -0.3 is 5.32 Å². The van der Waals surface area contributed by atoms with Crippen molar-refractivity contribution < 1.29 is 13.2 Å². The van der Waals surface area contributed by atoms with E-state index in [0.717, 1.165) is 0 Å². The fraction of sp³-hybridized carbons (Fsp3) is 0.889. The van der Waals surface area contributed by atoms with Crippen LogP contribution in [0.3, 0.4) is 0 Å². The summed E-state index contributed by atoms with van der Waals surface area (Å²) in [5.41, 5.74) is 0. The minimum atomic E-state index is -3.15. The van der Waals surface area contributed by atoms with Gasteiger partial charge in [0, 0.05) is 19.0 Å². The Balaban J connectivity index is 3.68. The molecule has 0 aromatic carbocycles. The molecule has 0 aromatic heterocycles. The Morgan fingerprint density at radius 2 is 1.87 bits per heavy atom. The maximum absolute atomic E-state index is 11.2. The van der Waals surface area contributed by atoms with Crippen molar-refractivity contribution in [2.75, 3.05) is 18.8 Å². The van der Waals surface area contributed by atoms with Crippen LogP contribution < -0.4 is 10.0 Å². The maximum atomic E-state index is 11.2. The van der Waals surface area contributed by atoms with Gasteiger partial charge in [0.25, 0.3) is 0 Å². The summed E-state index contributed by atoms with van der Waals surface area (Å²) in [5, 5.41) is 2.63. The lowest BCUT2D eigenvalue weighted by molar-refractivity contribution is -0.123. The van der Waals surface area contributed by atoms with Crippen LogP contribution in [0.2, 0.25) is 0 Å². The normalized spacial score (nSPS) is 11.7. The number of carbonyl (C=O) groups excluding carboxylic acids is 1. The van der Waals surface area contributed by atoms with Gasteiger partial charge in [0.05, 0.1) is 5.75 Å². The highest BCUT2D eigenvalue weighted by Crippen LogP contribution is 1.90. The maximum Gasteiger partial charge on any atom is 0.222 e. The van der Waals surface area contributed by atoms with Gasteiger partial charge in [-0.2, -0.15) is 0 Å². The van der Waals surface area contributed by atoms with E-state index >= 15 is 0 Å². The second-order valence-electron chi connectivity index (χ2n) is 3.66. The van der Waals surface area contributed by atoms with E-state index in [2.05, 4.69) is 10.0 Å². The Morgan fingerprint density at radius 3 is 2.33 bits per heavy atom. The van der Waals surface area contributed by atoms with Crippen molar-refractivity contribution in [3.63, 3.8) is 0 Å². The van der Waals surface area contributed by atoms with Crippen LogP contribution in [0.15, 0.2) is 0 Å². The first kappa shape index (κ1) is 14.4. The number of carbonyl (C=O) groups is 1. The van der Waals surface area contributed by atoms with Crippen LogP contribution in [0.4, 0.5) is 0 Å². The molecule has 6 heteroatoms. The van der Waals surface area contributed by atoms with Gasteiger partial charge in [-0.3, -0.25) is 4.79 Å². The molecule has 0 unspecified atom stereocenters. The Bertz CT molecular complexity index is 286. The van der Waals surface area contributed by atoms with Gasteiger partial charge in [0.1, 0.15) is 0 Å². The summed E-state index contributed by atoms with van der Waals surface area (Å²) in [4.78, 5) is 11.1. The molecule has 0 fully saturated rings. The zero-order chi connectivity index (χ0) is 11.9. The fourth-order valence-electron chi connectivity index (χ4n) is 0.937. The van der Waals surface area contributed by atoms with Crippen LogP contribution in [-0.4, -0.2) is 33.2 Å².